The molecule has 0 N–H and O–H groups in total. The minimum absolute atomic E-state index is 0.864. The zero-order chi connectivity index (χ0) is 31.9. The van der Waals surface area contributed by atoms with E-state index < -0.39 is 0 Å². The summed E-state index contributed by atoms with van der Waals surface area (Å²) >= 11 is 0. The summed E-state index contributed by atoms with van der Waals surface area (Å²) in [6.07, 6.45) is 0. The first-order chi connectivity index (χ1) is 23.8. The van der Waals surface area contributed by atoms with Crippen molar-refractivity contribution in [2.24, 2.45) is 0 Å². The molecule has 226 valence electrons. The number of hydrogen-bond donors (Lipinski definition) is 0. The molecule has 1 aromatic heterocycles. The summed E-state index contributed by atoms with van der Waals surface area (Å²) in [7, 11) is 0. The molecule has 2 nitrogen and oxygen atoms in total. The Morgan fingerprint density at radius 1 is 0.354 bits per heavy atom. The molecule has 0 unspecified atom stereocenters. The second-order valence-electron chi connectivity index (χ2n) is 12.1. The Labute approximate surface area is 279 Å². The third-order valence-corrected chi connectivity index (χ3v) is 9.25. The first-order valence-corrected chi connectivity index (χ1v) is 16.4. The quantitative estimate of drug-likeness (QED) is 0.185. The molecular weight excluding hydrogens is 583 g/mol. The Morgan fingerprint density at radius 2 is 0.917 bits per heavy atom. The van der Waals surface area contributed by atoms with Crippen LogP contribution in [0.25, 0.3) is 66.1 Å². The van der Waals surface area contributed by atoms with Crippen molar-refractivity contribution in [3.05, 3.63) is 188 Å². The fraction of sp³-hybridized carbons (Fsp3) is 0. The first kappa shape index (κ1) is 27.9. The molecule has 0 amide bonds. The Bertz CT molecular complexity index is 2530. The summed E-state index contributed by atoms with van der Waals surface area (Å²) in [6.45, 7) is 0. The fourth-order valence-electron chi connectivity index (χ4n) is 6.99. The maximum Gasteiger partial charge on any atom is 0.143 e. The zero-order valence-electron chi connectivity index (χ0n) is 26.3. The third-order valence-electron chi connectivity index (χ3n) is 9.25. The molecule has 1 heterocycles. The minimum atomic E-state index is 0.864. The van der Waals surface area contributed by atoms with Gasteiger partial charge in [0.1, 0.15) is 11.2 Å². The standard InChI is InChI=1S/C46H31NO/c1-4-14-32(15-5-1)34-26-28-37(29-27-34)47(38-21-12-20-36(30-38)33-16-6-2-7-17-33)43-24-13-25-44-45(43)42-31-41(35-18-8-3-9-19-35)39-22-10-11-23-40(39)46(42)48-44/h1-31H. The van der Waals surface area contributed by atoms with Crippen molar-refractivity contribution in [1.82, 2.24) is 0 Å². The van der Waals surface area contributed by atoms with Crippen molar-refractivity contribution in [2.45, 2.75) is 0 Å². The second kappa shape index (κ2) is 11.8. The van der Waals surface area contributed by atoms with Gasteiger partial charge in [-0.3, -0.25) is 0 Å². The Morgan fingerprint density at radius 3 is 1.62 bits per heavy atom. The lowest BCUT2D eigenvalue weighted by atomic mass is 9.95. The van der Waals surface area contributed by atoms with Gasteiger partial charge < -0.3 is 9.32 Å². The van der Waals surface area contributed by atoms with Gasteiger partial charge in [0.05, 0.1) is 11.1 Å². The van der Waals surface area contributed by atoms with E-state index in [2.05, 4.69) is 193 Å². The number of fused-ring (bicyclic) bond motifs is 5. The Kier molecular flexibility index (Phi) is 6.84. The van der Waals surface area contributed by atoms with Crippen LogP contribution < -0.4 is 4.90 Å². The van der Waals surface area contributed by atoms with Crippen LogP contribution in [0.5, 0.6) is 0 Å². The van der Waals surface area contributed by atoms with Gasteiger partial charge in [0, 0.05) is 22.1 Å². The number of furan rings is 1. The van der Waals surface area contributed by atoms with Gasteiger partial charge in [-0.25, -0.2) is 0 Å². The van der Waals surface area contributed by atoms with Crippen LogP contribution in [0.1, 0.15) is 0 Å². The number of nitrogens with zero attached hydrogens (tertiary/aromatic N) is 1. The van der Waals surface area contributed by atoms with Crippen LogP contribution in [0.3, 0.4) is 0 Å². The van der Waals surface area contributed by atoms with Gasteiger partial charge in [0.2, 0.25) is 0 Å². The highest BCUT2D eigenvalue weighted by Gasteiger charge is 2.22. The maximum atomic E-state index is 6.76. The largest absolute Gasteiger partial charge is 0.455 e. The smallest absolute Gasteiger partial charge is 0.143 e. The van der Waals surface area contributed by atoms with Crippen molar-refractivity contribution in [3.8, 4) is 33.4 Å². The molecule has 0 saturated carbocycles. The first-order valence-electron chi connectivity index (χ1n) is 16.4. The summed E-state index contributed by atoms with van der Waals surface area (Å²) in [5.41, 5.74) is 12.1. The van der Waals surface area contributed by atoms with Crippen molar-refractivity contribution in [3.63, 3.8) is 0 Å². The second-order valence-corrected chi connectivity index (χ2v) is 12.1. The zero-order valence-corrected chi connectivity index (χ0v) is 26.3. The average Bonchev–Trinajstić information content (AvgIpc) is 3.56. The van der Waals surface area contributed by atoms with E-state index in [1.807, 2.05) is 0 Å². The van der Waals surface area contributed by atoms with Crippen LogP contribution in [0.2, 0.25) is 0 Å². The molecule has 0 spiro atoms. The van der Waals surface area contributed by atoms with E-state index in [0.717, 1.165) is 44.4 Å². The topological polar surface area (TPSA) is 16.4 Å². The molecule has 9 aromatic rings. The third kappa shape index (κ3) is 4.83. The van der Waals surface area contributed by atoms with Gasteiger partial charge in [-0.05, 0) is 81.2 Å². The van der Waals surface area contributed by atoms with E-state index in [9.17, 15) is 0 Å². The summed E-state index contributed by atoms with van der Waals surface area (Å²) in [6, 6.07) is 66.8. The molecule has 9 rings (SSSR count). The fourth-order valence-corrected chi connectivity index (χ4v) is 6.99. The predicted octanol–water partition coefficient (Wildman–Crippen LogP) is 13.2. The molecule has 2 heteroatoms. The van der Waals surface area contributed by atoms with Crippen LogP contribution in [0, 0.1) is 0 Å². The lowest BCUT2D eigenvalue weighted by Crippen LogP contribution is -2.10. The number of anilines is 3. The Hall–Kier alpha value is -6.38. The summed E-state index contributed by atoms with van der Waals surface area (Å²) in [5.74, 6) is 0. The van der Waals surface area contributed by atoms with E-state index in [1.54, 1.807) is 0 Å². The van der Waals surface area contributed by atoms with E-state index >= 15 is 0 Å². The highest BCUT2D eigenvalue weighted by Crippen LogP contribution is 2.46. The molecule has 0 aliphatic rings. The molecular formula is C46H31NO. The van der Waals surface area contributed by atoms with E-state index in [0.29, 0.717) is 0 Å². The van der Waals surface area contributed by atoms with E-state index in [-0.39, 0.29) is 0 Å². The lowest BCUT2D eigenvalue weighted by molar-refractivity contribution is 0.672. The van der Waals surface area contributed by atoms with Crippen molar-refractivity contribution in [1.29, 1.82) is 0 Å². The van der Waals surface area contributed by atoms with Crippen molar-refractivity contribution >= 4 is 49.8 Å². The average molecular weight is 614 g/mol. The molecule has 0 fully saturated rings. The van der Waals surface area contributed by atoms with Gasteiger partial charge in [0.25, 0.3) is 0 Å². The molecule has 8 aromatic carbocycles. The maximum absolute atomic E-state index is 6.76. The summed E-state index contributed by atoms with van der Waals surface area (Å²) < 4.78 is 6.76. The van der Waals surface area contributed by atoms with Crippen LogP contribution in [0.4, 0.5) is 17.1 Å². The molecule has 0 aliphatic carbocycles. The molecule has 0 saturated heterocycles. The normalized spacial score (nSPS) is 11.3. The number of hydrogen-bond acceptors (Lipinski definition) is 2. The van der Waals surface area contributed by atoms with Gasteiger partial charge in [0.15, 0.2) is 0 Å². The van der Waals surface area contributed by atoms with Gasteiger partial charge in [-0.2, -0.15) is 0 Å². The van der Waals surface area contributed by atoms with Gasteiger partial charge in [-0.1, -0.05) is 146 Å². The predicted molar refractivity (Wildman–Crippen MR) is 202 cm³/mol. The monoisotopic (exact) mass is 613 g/mol. The summed E-state index contributed by atoms with van der Waals surface area (Å²) in [4.78, 5) is 2.37. The highest BCUT2D eigenvalue weighted by atomic mass is 16.3. The van der Waals surface area contributed by atoms with Crippen LogP contribution >= 0.6 is 0 Å². The molecule has 0 aliphatic heterocycles. The molecule has 0 bridgehead atoms. The molecule has 48 heavy (non-hydrogen) atoms. The minimum Gasteiger partial charge on any atom is -0.455 e. The Balaban J connectivity index is 1.31. The number of rotatable bonds is 6. The lowest BCUT2D eigenvalue weighted by Gasteiger charge is -2.27. The van der Waals surface area contributed by atoms with Crippen molar-refractivity contribution < 1.29 is 4.42 Å². The summed E-state index contributed by atoms with van der Waals surface area (Å²) in [5, 5.41) is 4.48. The van der Waals surface area contributed by atoms with E-state index in [1.165, 1.54) is 38.8 Å². The van der Waals surface area contributed by atoms with Gasteiger partial charge in [-0.15, -0.1) is 0 Å². The van der Waals surface area contributed by atoms with Crippen LogP contribution in [-0.2, 0) is 0 Å². The highest BCUT2D eigenvalue weighted by molar-refractivity contribution is 6.22. The van der Waals surface area contributed by atoms with Crippen LogP contribution in [-0.4, -0.2) is 0 Å². The molecule has 0 atom stereocenters. The van der Waals surface area contributed by atoms with Crippen LogP contribution in [0.15, 0.2) is 192 Å². The molecule has 0 radical (unpaired) electrons. The SMILES string of the molecule is c1ccc(-c2ccc(N(c3cccc(-c4ccccc4)c3)c3cccc4oc5c6ccccc6c(-c6ccccc6)cc5c34)cc2)cc1. The van der Waals surface area contributed by atoms with Gasteiger partial charge >= 0.3 is 0 Å². The van der Waals surface area contributed by atoms with Crippen molar-refractivity contribution in [2.75, 3.05) is 4.90 Å². The number of benzene rings is 8. The van der Waals surface area contributed by atoms with E-state index in [4.69, 9.17) is 4.42 Å².